The van der Waals surface area contributed by atoms with E-state index in [1.807, 2.05) is 31.4 Å². The number of Topliss-reactive ketones (excluding diaryl/α,β-unsaturated/α-hetero) is 1. The first-order valence-corrected chi connectivity index (χ1v) is 7.60. The Bertz CT molecular complexity index is 636. The number of thiazole rings is 1. The highest BCUT2D eigenvalue weighted by molar-refractivity contribution is 7.09. The molecular weight excluding hydrogens is 286 g/mol. The zero-order valence-electron chi connectivity index (χ0n) is 12.7. The number of aromatic nitrogens is 1. The zero-order valence-corrected chi connectivity index (χ0v) is 13.5. The molecule has 4 nitrogen and oxygen atoms in total. The van der Waals surface area contributed by atoms with Crippen LogP contribution in [0.15, 0.2) is 23.6 Å². The third-order valence-electron chi connectivity index (χ3n) is 3.16. The number of ketones is 1. The second-order valence-corrected chi connectivity index (χ2v) is 5.79. The van der Waals surface area contributed by atoms with Gasteiger partial charge in [-0.2, -0.15) is 0 Å². The molecule has 1 aromatic heterocycles. The Morgan fingerprint density at radius 2 is 2.19 bits per heavy atom. The van der Waals surface area contributed by atoms with Crippen molar-refractivity contribution in [2.75, 3.05) is 7.11 Å². The molecule has 2 aromatic rings. The predicted molar refractivity (Wildman–Crippen MR) is 83.1 cm³/mol. The van der Waals surface area contributed by atoms with E-state index in [4.69, 9.17) is 9.47 Å². The van der Waals surface area contributed by atoms with E-state index in [1.54, 1.807) is 31.4 Å². The Hall–Kier alpha value is -1.72. The van der Waals surface area contributed by atoms with Crippen molar-refractivity contribution < 1.29 is 14.3 Å². The Morgan fingerprint density at radius 3 is 2.86 bits per heavy atom. The standard InChI is InChI=1S/C16H19NO3S/c1-10-5-6-14(11(2)18)15(7-10)20-8-13-9-21-16(17-13)12(3)19-4/h5-7,9,12H,8H2,1-4H3/t12-/m0/s1. The molecule has 0 radical (unpaired) electrons. The van der Waals surface area contributed by atoms with Crippen molar-refractivity contribution in [2.45, 2.75) is 33.5 Å². The Kier molecular flexibility index (Phi) is 5.09. The molecule has 0 amide bonds. The fourth-order valence-electron chi connectivity index (χ4n) is 1.87. The zero-order chi connectivity index (χ0) is 15.4. The van der Waals surface area contributed by atoms with Crippen LogP contribution in [0, 0.1) is 6.92 Å². The molecule has 1 aromatic carbocycles. The van der Waals surface area contributed by atoms with Crippen molar-refractivity contribution in [1.29, 1.82) is 0 Å². The summed E-state index contributed by atoms with van der Waals surface area (Å²) in [5, 5.41) is 2.88. The summed E-state index contributed by atoms with van der Waals surface area (Å²) in [6, 6.07) is 5.58. The van der Waals surface area contributed by atoms with Crippen LogP contribution in [0.2, 0.25) is 0 Å². The van der Waals surface area contributed by atoms with Gasteiger partial charge >= 0.3 is 0 Å². The van der Waals surface area contributed by atoms with Crippen LogP contribution in [0.5, 0.6) is 5.75 Å². The maximum atomic E-state index is 11.6. The van der Waals surface area contributed by atoms with Crippen molar-refractivity contribution in [1.82, 2.24) is 4.98 Å². The Morgan fingerprint density at radius 1 is 1.43 bits per heavy atom. The highest BCUT2D eigenvalue weighted by atomic mass is 32.1. The molecule has 0 fully saturated rings. The van der Waals surface area contributed by atoms with Crippen LogP contribution in [0.3, 0.4) is 0 Å². The van der Waals surface area contributed by atoms with Crippen molar-refractivity contribution in [3.8, 4) is 5.75 Å². The third kappa shape index (κ3) is 3.89. The number of rotatable bonds is 6. The van der Waals surface area contributed by atoms with Crippen molar-refractivity contribution >= 4 is 17.1 Å². The number of hydrogen-bond acceptors (Lipinski definition) is 5. The molecule has 21 heavy (non-hydrogen) atoms. The topological polar surface area (TPSA) is 48.4 Å². The molecule has 0 saturated heterocycles. The van der Waals surface area contributed by atoms with E-state index in [1.165, 1.54) is 0 Å². The molecule has 0 saturated carbocycles. The molecule has 1 atom stereocenters. The Labute approximate surface area is 128 Å². The van der Waals surface area contributed by atoms with Gasteiger partial charge in [-0.15, -0.1) is 11.3 Å². The fourth-order valence-corrected chi connectivity index (χ4v) is 2.70. The second kappa shape index (κ2) is 6.83. The molecule has 0 bridgehead atoms. The summed E-state index contributed by atoms with van der Waals surface area (Å²) in [5.41, 5.74) is 2.50. The number of ether oxygens (including phenoxy) is 2. The lowest BCUT2D eigenvalue weighted by Crippen LogP contribution is -2.03. The van der Waals surface area contributed by atoms with Gasteiger partial charge in [-0.05, 0) is 38.5 Å². The molecule has 0 unspecified atom stereocenters. The third-order valence-corrected chi connectivity index (χ3v) is 4.22. The molecular formula is C16H19NO3S. The maximum Gasteiger partial charge on any atom is 0.163 e. The minimum Gasteiger partial charge on any atom is -0.486 e. The second-order valence-electron chi connectivity index (χ2n) is 4.90. The summed E-state index contributed by atoms with van der Waals surface area (Å²) < 4.78 is 11.0. The van der Waals surface area contributed by atoms with Crippen LogP contribution in [-0.2, 0) is 11.3 Å². The van der Waals surface area contributed by atoms with Gasteiger partial charge in [-0.1, -0.05) is 6.07 Å². The normalized spacial score (nSPS) is 12.2. The van der Waals surface area contributed by atoms with Gasteiger partial charge in [0.25, 0.3) is 0 Å². The molecule has 112 valence electrons. The molecule has 2 rings (SSSR count). The van der Waals surface area contributed by atoms with Gasteiger partial charge in [0.05, 0.1) is 11.3 Å². The van der Waals surface area contributed by atoms with Gasteiger partial charge in [0.15, 0.2) is 5.78 Å². The average Bonchev–Trinajstić information content (AvgIpc) is 2.93. The largest absolute Gasteiger partial charge is 0.486 e. The lowest BCUT2D eigenvalue weighted by atomic mass is 10.1. The van der Waals surface area contributed by atoms with Crippen molar-refractivity contribution in [2.24, 2.45) is 0 Å². The van der Waals surface area contributed by atoms with Gasteiger partial charge in [0, 0.05) is 12.5 Å². The smallest absolute Gasteiger partial charge is 0.163 e. The number of methoxy groups -OCH3 is 1. The number of benzene rings is 1. The summed E-state index contributed by atoms with van der Waals surface area (Å²) in [6.07, 6.45) is -0.0181. The Balaban J connectivity index is 2.11. The highest BCUT2D eigenvalue weighted by Crippen LogP contribution is 2.24. The van der Waals surface area contributed by atoms with E-state index in [0.29, 0.717) is 17.9 Å². The van der Waals surface area contributed by atoms with Crippen LogP contribution in [-0.4, -0.2) is 17.9 Å². The SMILES string of the molecule is CO[C@@H](C)c1nc(COc2cc(C)ccc2C(C)=O)cs1. The fraction of sp³-hybridized carbons (Fsp3) is 0.375. The van der Waals surface area contributed by atoms with Crippen LogP contribution in [0.4, 0.5) is 0 Å². The van der Waals surface area contributed by atoms with E-state index in [-0.39, 0.29) is 11.9 Å². The van der Waals surface area contributed by atoms with Gasteiger partial charge in [-0.25, -0.2) is 4.98 Å². The van der Waals surface area contributed by atoms with E-state index < -0.39 is 0 Å². The lowest BCUT2D eigenvalue weighted by molar-refractivity contribution is 0.101. The number of carbonyl (C=O) groups is 1. The number of nitrogens with zero attached hydrogens (tertiary/aromatic N) is 1. The summed E-state index contributed by atoms with van der Waals surface area (Å²) in [4.78, 5) is 16.1. The number of hydrogen-bond donors (Lipinski definition) is 0. The summed E-state index contributed by atoms with van der Waals surface area (Å²) in [5.74, 6) is 0.605. The van der Waals surface area contributed by atoms with Crippen molar-refractivity contribution in [3.63, 3.8) is 0 Å². The average molecular weight is 305 g/mol. The molecule has 5 heteroatoms. The van der Waals surface area contributed by atoms with E-state index >= 15 is 0 Å². The van der Waals surface area contributed by atoms with Gasteiger partial charge in [-0.3, -0.25) is 4.79 Å². The lowest BCUT2D eigenvalue weighted by Gasteiger charge is -2.09. The number of carbonyl (C=O) groups excluding carboxylic acids is 1. The molecule has 0 spiro atoms. The van der Waals surface area contributed by atoms with Crippen molar-refractivity contribution in [3.05, 3.63) is 45.4 Å². The van der Waals surface area contributed by atoms with E-state index in [2.05, 4.69) is 4.98 Å². The first-order chi connectivity index (χ1) is 10.0. The highest BCUT2D eigenvalue weighted by Gasteiger charge is 2.12. The molecule has 1 heterocycles. The van der Waals surface area contributed by atoms with Gasteiger partial charge in [0.1, 0.15) is 23.5 Å². The van der Waals surface area contributed by atoms with Gasteiger partial charge in [0.2, 0.25) is 0 Å². The van der Waals surface area contributed by atoms with E-state index in [0.717, 1.165) is 16.3 Å². The predicted octanol–water partition coefficient (Wildman–Crippen LogP) is 3.94. The van der Waals surface area contributed by atoms with Gasteiger partial charge < -0.3 is 9.47 Å². The summed E-state index contributed by atoms with van der Waals surface area (Å²) in [6.45, 7) is 5.81. The van der Waals surface area contributed by atoms with E-state index in [9.17, 15) is 4.79 Å². The van der Waals surface area contributed by atoms with Crippen LogP contribution < -0.4 is 4.74 Å². The molecule has 0 aliphatic carbocycles. The summed E-state index contributed by atoms with van der Waals surface area (Å²) >= 11 is 1.55. The van der Waals surface area contributed by atoms with Crippen LogP contribution in [0.1, 0.15) is 46.6 Å². The first-order valence-electron chi connectivity index (χ1n) is 6.72. The maximum absolute atomic E-state index is 11.6. The minimum absolute atomic E-state index is 0.00280. The van der Waals surface area contributed by atoms with Crippen LogP contribution in [0.25, 0.3) is 0 Å². The molecule has 0 N–H and O–H groups in total. The first kappa shape index (κ1) is 15.7. The molecule has 0 aliphatic heterocycles. The summed E-state index contributed by atoms with van der Waals surface area (Å²) in [7, 11) is 1.66. The monoisotopic (exact) mass is 305 g/mol. The molecule has 0 aliphatic rings. The number of aryl methyl sites for hydroxylation is 1. The quantitative estimate of drug-likeness (QED) is 0.758. The van der Waals surface area contributed by atoms with Crippen LogP contribution >= 0.6 is 11.3 Å². The minimum atomic E-state index is -0.0181.